The Balaban J connectivity index is 2.12. The van der Waals surface area contributed by atoms with E-state index in [0.717, 1.165) is 17.0 Å². The zero-order valence-corrected chi connectivity index (χ0v) is 8.83. The summed E-state index contributed by atoms with van der Waals surface area (Å²) in [5.41, 5.74) is 5.90. The molecule has 16 heavy (non-hydrogen) atoms. The smallest absolute Gasteiger partial charge is 0.135 e. The summed E-state index contributed by atoms with van der Waals surface area (Å²) in [6, 6.07) is 10.0. The lowest BCUT2D eigenvalue weighted by atomic mass is 10.1. The van der Waals surface area contributed by atoms with Gasteiger partial charge in [-0.2, -0.15) is 5.10 Å². The van der Waals surface area contributed by atoms with Crippen LogP contribution in [-0.4, -0.2) is 20.7 Å². The summed E-state index contributed by atoms with van der Waals surface area (Å²) in [5.74, 6) is 0. The number of rotatable bonds is 1. The largest absolute Gasteiger partial charge is 0.285 e. The van der Waals surface area contributed by atoms with Crippen molar-refractivity contribution in [2.24, 2.45) is 5.10 Å². The Kier molecular flexibility index (Phi) is 1.96. The second-order valence-electron chi connectivity index (χ2n) is 3.70. The van der Waals surface area contributed by atoms with Gasteiger partial charge in [0.15, 0.2) is 0 Å². The molecule has 1 aliphatic heterocycles. The molecular weight excluding hydrogens is 202 g/mol. The van der Waals surface area contributed by atoms with Gasteiger partial charge in [0.2, 0.25) is 0 Å². The van der Waals surface area contributed by atoms with Crippen LogP contribution in [0.3, 0.4) is 0 Å². The molecule has 1 aromatic carbocycles. The zero-order chi connectivity index (χ0) is 11.0. The van der Waals surface area contributed by atoms with Crippen LogP contribution in [-0.2, 0) is 0 Å². The maximum atomic E-state index is 4.36. The van der Waals surface area contributed by atoms with E-state index >= 15 is 0 Å². The van der Waals surface area contributed by atoms with Gasteiger partial charge in [0.05, 0.1) is 6.20 Å². The molecule has 5 heteroatoms. The van der Waals surface area contributed by atoms with Crippen LogP contribution in [0, 0.1) is 0 Å². The fraction of sp³-hybridized carbons (Fsp3) is 0.182. The van der Waals surface area contributed by atoms with Crippen molar-refractivity contribution in [1.82, 2.24) is 20.4 Å². The van der Waals surface area contributed by atoms with Crippen LogP contribution >= 0.6 is 0 Å². The Labute approximate surface area is 92.8 Å². The molecule has 3 rings (SSSR count). The summed E-state index contributed by atoms with van der Waals surface area (Å²) in [5, 5.41) is 12.3. The van der Waals surface area contributed by atoms with E-state index in [1.807, 2.05) is 41.9 Å². The van der Waals surface area contributed by atoms with Crippen molar-refractivity contribution in [3.8, 4) is 0 Å². The SMILES string of the molecule is C[C@@H]1NN=C(c2ccccc2)c2cnnn21. The molecule has 0 unspecified atom stereocenters. The maximum Gasteiger partial charge on any atom is 0.135 e. The van der Waals surface area contributed by atoms with Gasteiger partial charge < -0.3 is 0 Å². The zero-order valence-electron chi connectivity index (χ0n) is 8.83. The Hall–Kier alpha value is -2.17. The van der Waals surface area contributed by atoms with Crippen LogP contribution < -0.4 is 5.43 Å². The quantitative estimate of drug-likeness (QED) is 0.773. The third-order valence-corrected chi connectivity index (χ3v) is 2.59. The predicted octanol–water partition coefficient (Wildman–Crippen LogP) is 1.15. The second kappa shape index (κ2) is 3.44. The van der Waals surface area contributed by atoms with Crippen molar-refractivity contribution in [3.63, 3.8) is 0 Å². The summed E-state index contributed by atoms with van der Waals surface area (Å²) >= 11 is 0. The van der Waals surface area contributed by atoms with E-state index in [-0.39, 0.29) is 6.17 Å². The molecule has 80 valence electrons. The molecule has 0 radical (unpaired) electrons. The van der Waals surface area contributed by atoms with E-state index in [2.05, 4.69) is 20.8 Å². The molecule has 0 bridgehead atoms. The molecule has 0 aliphatic carbocycles. The fourth-order valence-electron chi connectivity index (χ4n) is 1.78. The lowest BCUT2D eigenvalue weighted by Gasteiger charge is -2.20. The van der Waals surface area contributed by atoms with Gasteiger partial charge in [-0.1, -0.05) is 35.5 Å². The average Bonchev–Trinajstić information content (AvgIpc) is 2.81. The molecule has 0 amide bonds. The van der Waals surface area contributed by atoms with Gasteiger partial charge in [-0.25, -0.2) is 4.68 Å². The van der Waals surface area contributed by atoms with Crippen molar-refractivity contribution in [2.75, 3.05) is 0 Å². The third kappa shape index (κ3) is 1.29. The van der Waals surface area contributed by atoms with Crippen LogP contribution in [0.5, 0.6) is 0 Å². The topological polar surface area (TPSA) is 55.1 Å². The lowest BCUT2D eigenvalue weighted by molar-refractivity contribution is 0.389. The first-order valence-electron chi connectivity index (χ1n) is 5.15. The summed E-state index contributed by atoms with van der Waals surface area (Å²) in [7, 11) is 0. The highest BCUT2D eigenvalue weighted by molar-refractivity contribution is 6.11. The Bertz CT molecular complexity index is 528. The van der Waals surface area contributed by atoms with E-state index in [0.29, 0.717) is 0 Å². The van der Waals surface area contributed by atoms with Gasteiger partial charge in [0.1, 0.15) is 17.6 Å². The van der Waals surface area contributed by atoms with Crippen LogP contribution in [0.1, 0.15) is 24.3 Å². The third-order valence-electron chi connectivity index (χ3n) is 2.59. The van der Waals surface area contributed by atoms with Crippen molar-refractivity contribution < 1.29 is 0 Å². The lowest BCUT2D eigenvalue weighted by Crippen LogP contribution is -2.30. The number of fused-ring (bicyclic) bond motifs is 1. The average molecular weight is 213 g/mol. The first-order chi connectivity index (χ1) is 7.86. The number of benzene rings is 1. The standard InChI is InChI=1S/C11H11N5/c1-8-13-14-11(9-5-3-2-4-6-9)10-7-12-15-16(8)10/h2-8,13H,1H3/t8-/m1/s1. The van der Waals surface area contributed by atoms with Gasteiger partial charge in [-0.05, 0) is 6.92 Å². The highest BCUT2D eigenvalue weighted by atomic mass is 15.5. The van der Waals surface area contributed by atoms with Crippen molar-refractivity contribution in [3.05, 3.63) is 47.8 Å². The molecule has 1 atom stereocenters. The minimum absolute atomic E-state index is 0.0463. The highest BCUT2D eigenvalue weighted by Crippen LogP contribution is 2.16. The Morgan fingerprint density at radius 1 is 1.25 bits per heavy atom. The summed E-state index contributed by atoms with van der Waals surface area (Å²) in [6.45, 7) is 1.99. The van der Waals surface area contributed by atoms with E-state index < -0.39 is 0 Å². The normalized spacial score (nSPS) is 18.6. The first kappa shape index (κ1) is 9.08. The van der Waals surface area contributed by atoms with Crippen molar-refractivity contribution in [2.45, 2.75) is 13.1 Å². The van der Waals surface area contributed by atoms with Gasteiger partial charge >= 0.3 is 0 Å². The van der Waals surface area contributed by atoms with Crippen LogP contribution in [0.2, 0.25) is 0 Å². The molecule has 0 spiro atoms. The Morgan fingerprint density at radius 3 is 2.88 bits per heavy atom. The van der Waals surface area contributed by atoms with E-state index in [1.54, 1.807) is 6.20 Å². The number of hydrogen-bond donors (Lipinski definition) is 1. The van der Waals surface area contributed by atoms with E-state index in [9.17, 15) is 0 Å². The molecule has 1 aromatic heterocycles. The van der Waals surface area contributed by atoms with Crippen molar-refractivity contribution in [1.29, 1.82) is 0 Å². The number of aromatic nitrogens is 3. The monoisotopic (exact) mass is 213 g/mol. The molecule has 5 nitrogen and oxygen atoms in total. The molecule has 1 N–H and O–H groups in total. The molecule has 0 saturated carbocycles. The number of hydrazone groups is 1. The van der Waals surface area contributed by atoms with Gasteiger partial charge in [-0.15, -0.1) is 5.10 Å². The van der Waals surface area contributed by atoms with E-state index in [1.165, 1.54) is 0 Å². The van der Waals surface area contributed by atoms with Crippen LogP contribution in [0.25, 0.3) is 0 Å². The number of nitrogens with one attached hydrogen (secondary N) is 1. The van der Waals surface area contributed by atoms with Crippen LogP contribution in [0.4, 0.5) is 0 Å². The minimum Gasteiger partial charge on any atom is -0.285 e. The molecule has 2 aromatic rings. The molecule has 0 fully saturated rings. The summed E-state index contributed by atoms with van der Waals surface area (Å²) < 4.78 is 1.83. The van der Waals surface area contributed by atoms with Gasteiger partial charge in [0.25, 0.3) is 0 Å². The summed E-state index contributed by atoms with van der Waals surface area (Å²) in [4.78, 5) is 0. The second-order valence-corrected chi connectivity index (χ2v) is 3.70. The predicted molar refractivity (Wildman–Crippen MR) is 59.9 cm³/mol. The number of hydrogen-bond acceptors (Lipinski definition) is 4. The van der Waals surface area contributed by atoms with E-state index in [4.69, 9.17) is 0 Å². The van der Waals surface area contributed by atoms with Gasteiger partial charge in [-0.3, -0.25) is 5.43 Å². The summed E-state index contributed by atoms with van der Waals surface area (Å²) in [6.07, 6.45) is 1.79. The van der Waals surface area contributed by atoms with Crippen molar-refractivity contribution >= 4 is 5.71 Å². The maximum absolute atomic E-state index is 4.36. The molecule has 0 saturated heterocycles. The molecular formula is C11H11N5. The Morgan fingerprint density at radius 2 is 2.06 bits per heavy atom. The van der Waals surface area contributed by atoms with Crippen LogP contribution in [0.15, 0.2) is 41.6 Å². The molecule has 2 heterocycles. The fourth-order valence-corrected chi connectivity index (χ4v) is 1.78. The first-order valence-corrected chi connectivity index (χ1v) is 5.15. The number of nitrogens with zero attached hydrogens (tertiary/aromatic N) is 4. The molecule has 1 aliphatic rings. The highest BCUT2D eigenvalue weighted by Gasteiger charge is 2.21. The minimum atomic E-state index is 0.0463. The van der Waals surface area contributed by atoms with Gasteiger partial charge in [0, 0.05) is 5.56 Å².